The molecular formula is C48H70N2NaO17S2+. The molecule has 2 N–H and O–H groups in total. The van der Waals surface area contributed by atoms with Crippen molar-refractivity contribution in [3.63, 3.8) is 0 Å². The summed E-state index contributed by atoms with van der Waals surface area (Å²) < 4.78 is 122. The number of aliphatic carboxylic acids is 1. The molecule has 1 aliphatic carbocycles. The van der Waals surface area contributed by atoms with Gasteiger partial charge in [0.2, 0.25) is 5.36 Å². The number of rotatable bonds is 37. The summed E-state index contributed by atoms with van der Waals surface area (Å²) in [7, 11) is -5.89. The van der Waals surface area contributed by atoms with E-state index in [0.717, 1.165) is 16.5 Å². The number of hydrogen-bond donors (Lipinski definition) is 2. The maximum Gasteiger partial charge on any atom is 1.00 e. The number of ether oxygens (including phenoxy) is 8. The molecule has 3 aliphatic rings. The number of carboxylic acids is 1. The van der Waals surface area contributed by atoms with Gasteiger partial charge in [0.25, 0.3) is 10.1 Å². The van der Waals surface area contributed by atoms with Crippen LogP contribution >= 0.6 is 0 Å². The third-order valence-corrected chi connectivity index (χ3v) is 13.0. The molecule has 1 unspecified atom stereocenters. The Kier molecular flexibility index (Phi) is 28.7. The second kappa shape index (κ2) is 32.9. The zero-order valence-corrected chi connectivity index (χ0v) is 44.7. The van der Waals surface area contributed by atoms with Gasteiger partial charge < -0.3 is 56.9 Å². The Morgan fingerprint density at radius 2 is 1.33 bits per heavy atom. The third kappa shape index (κ3) is 21.5. The van der Waals surface area contributed by atoms with Gasteiger partial charge in [-0.3, -0.25) is 9.35 Å². The Bertz CT molecular complexity index is 2310. The Morgan fingerprint density at radius 3 is 1.87 bits per heavy atom. The van der Waals surface area contributed by atoms with Gasteiger partial charge in [-0.15, -0.1) is 0 Å². The molecule has 0 radical (unpaired) electrons. The molecule has 0 saturated heterocycles. The van der Waals surface area contributed by atoms with E-state index in [-0.39, 0.29) is 48.8 Å². The summed E-state index contributed by atoms with van der Waals surface area (Å²) in [6.07, 6.45) is 9.16. The van der Waals surface area contributed by atoms with E-state index >= 15 is 0 Å². The van der Waals surface area contributed by atoms with E-state index in [1.807, 2.05) is 54.3 Å². The third-order valence-electron chi connectivity index (χ3n) is 11.3. The number of carbonyl (C=O) groups is 1. The zero-order chi connectivity index (χ0) is 50.0. The number of carboxylic acid groups (broad SMARTS) is 1. The Hall–Kier alpha value is -3.10. The average molecular weight is 1030 g/mol. The smallest absolute Gasteiger partial charge is 0.744 e. The van der Waals surface area contributed by atoms with Crippen molar-refractivity contribution in [2.75, 3.05) is 137 Å². The van der Waals surface area contributed by atoms with Crippen LogP contribution in [0.25, 0.3) is 17.4 Å². The average Bonchev–Trinajstić information content (AvgIpc) is 3.53. The van der Waals surface area contributed by atoms with E-state index in [0.29, 0.717) is 154 Å². The summed E-state index contributed by atoms with van der Waals surface area (Å²) >= 11 is 0. The number of benzene rings is 2. The zero-order valence-electron chi connectivity index (χ0n) is 41.1. The first-order chi connectivity index (χ1) is 33.2. The minimum Gasteiger partial charge on any atom is -0.744 e. The van der Waals surface area contributed by atoms with Crippen LogP contribution in [0, 0.1) is 0 Å². The normalized spacial score (nSPS) is 15.6. The van der Waals surface area contributed by atoms with Crippen LogP contribution in [-0.2, 0) is 68.3 Å². The molecule has 0 aromatic heterocycles. The summed E-state index contributed by atoms with van der Waals surface area (Å²) in [5.41, 5.74) is 2.55. The fourth-order valence-electron chi connectivity index (χ4n) is 7.81. The predicted octanol–water partition coefficient (Wildman–Crippen LogP) is 1.45. The van der Waals surface area contributed by atoms with Gasteiger partial charge in [0, 0.05) is 55.6 Å². The van der Waals surface area contributed by atoms with Crippen molar-refractivity contribution in [2.24, 2.45) is 0 Å². The van der Waals surface area contributed by atoms with Gasteiger partial charge in [-0.25, -0.2) is 13.0 Å². The van der Waals surface area contributed by atoms with Gasteiger partial charge in [0.15, 0.2) is 13.1 Å². The Labute approximate surface area is 434 Å². The van der Waals surface area contributed by atoms with Crippen molar-refractivity contribution in [3.8, 4) is 11.3 Å². The molecule has 0 bridgehead atoms. The van der Waals surface area contributed by atoms with Gasteiger partial charge in [-0.2, -0.15) is 8.42 Å². The van der Waals surface area contributed by atoms with Crippen LogP contribution < -0.4 is 44.4 Å². The topological polar surface area (TPSA) is 242 Å². The molecule has 70 heavy (non-hydrogen) atoms. The first-order valence-electron chi connectivity index (χ1n) is 23.2. The maximum atomic E-state index is 12.2. The van der Waals surface area contributed by atoms with Crippen molar-refractivity contribution in [1.29, 1.82) is 0 Å². The molecule has 2 aliphatic heterocycles. The van der Waals surface area contributed by atoms with Gasteiger partial charge in [-0.05, 0) is 80.1 Å². The first kappa shape index (κ1) is 61.2. The fraction of sp³-hybridized carbons (Fsp3) is 0.583. The summed E-state index contributed by atoms with van der Waals surface area (Å²) in [4.78, 5) is 12.8. The van der Waals surface area contributed by atoms with Crippen LogP contribution in [0.1, 0.15) is 56.6 Å². The van der Waals surface area contributed by atoms with E-state index in [9.17, 15) is 35.8 Å². The van der Waals surface area contributed by atoms with Crippen LogP contribution in [0.2, 0.25) is 0 Å². The van der Waals surface area contributed by atoms with Gasteiger partial charge in [-0.1, -0.05) is 18.6 Å². The number of anilines is 1. The molecule has 0 saturated carbocycles. The van der Waals surface area contributed by atoms with Gasteiger partial charge in [0.1, 0.15) is 29.1 Å². The van der Waals surface area contributed by atoms with Crippen molar-refractivity contribution in [1.82, 2.24) is 4.58 Å². The molecule has 2 heterocycles. The number of hydrogen-bond acceptors (Lipinski definition) is 16. The Morgan fingerprint density at radius 1 is 0.757 bits per heavy atom. The molecule has 1 atom stereocenters. The summed E-state index contributed by atoms with van der Waals surface area (Å²) in [6.45, 7) is 9.88. The molecule has 4 rings (SSSR count). The van der Waals surface area contributed by atoms with Crippen LogP contribution in [0.4, 0.5) is 5.69 Å². The van der Waals surface area contributed by atoms with Crippen LogP contribution in [-0.4, -0.2) is 169 Å². The largest absolute Gasteiger partial charge is 1.00 e. The van der Waals surface area contributed by atoms with E-state index in [1.165, 1.54) is 12.1 Å². The van der Waals surface area contributed by atoms with Crippen molar-refractivity contribution in [2.45, 2.75) is 55.8 Å². The molecule has 1 aromatic carbocycles. The summed E-state index contributed by atoms with van der Waals surface area (Å²) in [5, 5.41) is 10.1. The van der Waals surface area contributed by atoms with Crippen molar-refractivity contribution >= 4 is 38.0 Å². The van der Waals surface area contributed by atoms with Crippen LogP contribution in [0.3, 0.4) is 0 Å². The van der Waals surface area contributed by atoms with E-state index < -0.39 is 42.3 Å². The molecule has 386 valence electrons. The quantitative estimate of drug-likeness (QED) is 0.0359. The number of unbranched alkanes of at least 4 members (excludes halogenated alkanes) is 2. The minimum absolute atomic E-state index is 0. The van der Waals surface area contributed by atoms with Crippen molar-refractivity contribution in [3.05, 3.63) is 83.1 Å². The molecule has 0 fully saturated rings. The second-order valence-corrected chi connectivity index (χ2v) is 19.3. The molecule has 0 spiro atoms. The SMILES string of the molecule is COCCOCCOCCOCC[N+](CCOCCOCCOCCOC)=c1ccc2c(/C=C/C=C3/N(CCCCCC(=O)O)c4ccc(S(=O)(=O)[O-])cc4C3(C)CCCS(=O)(=O)O)ccoc-2c1.[Na+]. The molecule has 19 nitrogen and oxygen atoms in total. The van der Waals surface area contributed by atoms with Gasteiger partial charge >= 0.3 is 35.5 Å². The van der Waals surface area contributed by atoms with E-state index in [4.69, 9.17) is 42.3 Å². The minimum atomic E-state index is -4.83. The van der Waals surface area contributed by atoms with E-state index in [1.54, 1.807) is 26.5 Å². The molecule has 22 heteroatoms. The van der Waals surface area contributed by atoms with Crippen LogP contribution in [0.15, 0.2) is 75.9 Å². The van der Waals surface area contributed by atoms with E-state index in [2.05, 4.69) is 4.58 Å². The predicted molar refractivity (Wildman–Crippen MR) is 257 cm³/mol. The second-order valence-electron chi connectivity index (χ2n) is 16.3. The summed E-state index contributed by atoms with van der Waals surface area (Å²) in [5.74, 6) is -0.787. The van der Waals surface area contributed by atoms with Gasteiger partial charge in [0.05, 0.1) is 102 Å². The standard InChI is InChI=1S/C48H70N2O17S2.Na/c1-48(17-8-36-68(53,54)55)43-38-41(69(56,57)58)13-15-44(43)50(18-6-4-5-11-47(51)52)46(48)10-7-9-39-16-21-67-45-37-40(12-14-42(39)45)49(19-22-61-28-30-65-34-32-63-26-24-59-2)20-23-62-29-31-66-35-33-64-27-25-60-3;/h7,9-10,12-16,21,37-38H,4-6,8,11,17-20,22-36H2,1-3H3,(H2-,51,52,53,54,55,56,57,58);/q;+1. The number of nitrogens with zero attached hydrogens (tertiary/aromatic N) is 2. The van der Waals surface area contributed by atoms with Crippen molar-refractivity contribution < 1.29 is 108 Å². The Balaban J connectivity index is 0.0000130. The first-order valence-corrected chi connectivity index (χ1v) is 26.2. The fourth-order valence-corrected chi connectivity index (χ4v) is 8.82. The molecule has 1 aromatic rings. The number of fused-ring (bicyclic) bond motifs is 2. The number of methoxy groups -OCH3 is 2. The maximum absolute atomic E-state index is 12.2. The number of allylic oxidation sites excluding steroid dienone is 3. The summed E-state index contributed by atoms with van der Waals surface area (Å²) in [6, 6.07) is 11.9. The van der Waals surface area contributed by atoms with Crippen LogP contribution in [0.5, 0.6) is 0 Å². The molecular weight excluding hydrogens is 964 g/mol. The monoisotopic (exact) mass is 1030 g/mol. The molecule has 0 amide bonds.